The van der Waals surface area contributed by atoms with Gasteiger partial charge in [0.1, 0.15) is 0 Å². The molecular formula is C20H23N3O2S. The number of carbonyl (C=O) groups is 2. The van der Waals surface area contributed by atoms with Crippen LogP contribution in [0.4, 0.5) is 16.2 Å². The van der Waals surface area contributed by atoms with Gasteiger partial charge in [0.15, 0.2) is 5.78 Å². The Morgan fingerprint density at radius 2 is 1.81 bits per heavy atom. The molecule has 0 saturated carbocycles. The Labute approximate surface area is 158 Å². The van der Waals surface area contributed by atoms with Gasteiger partial charge in [0.05, 0.1) is 0 Å². The molecule has 2 aromatic rings. The number of benzene rings is 2. The number of anilines is 2. The van der Waals surface area contributed by atoms with E-state index in [4.69, 9.17) is 0 Å². The summed E-state index contributed by atoms with van der Waals surface area (Å²) >= 11 is 2.00. The number of hydrogen-bond donors (Lipinski definition) is 2. The minimum Gasteiger partial charge on any atom is -0.370 e. The Hall–Kier alpha value is -2.47. The van der Waals surface area contributed by atoms with Gasteiger partial charge in [-0.1, -0.05) is 24.3 Å². The third-order valence-corrected chi connectivity index (χ3v) is 5.24. The fraction of sp³-hybridized carbons (Fsp3) is 0.300. The first-order valence-electron chi connectivity index (χ1n) is 8.69. The molecule has 1 aliphatic rings. The van der Waals surface area contributed by atoms with Crippen LogP contribution in [0.25, 0.3) is 0 Å². The minimum atomic E-state index is -0.289. The molecule has 3 rings (SSSR count). The molecule has 136 valence electrons. The van der Waals surface area contributed by atoms with E-state index in [0.29, 0.717) is 17.8 Å². The Morgan fingerprint density at radius 3 is 2.50 bits per heavy atom. The second-order valence-electron chi connectivity index (χ2n) is 6.21. The standard InChI is InChI=1S/C20H23N3O2S/c1-15(24)17-3-2-4-18(13-17)22-20(25)21-14-16-5-7-19(8-6-16)23-9-11-26-12-10-23/h2-8,13H,9-12,14H2,1H3,(H2,21,22,25). The largest absolute Gasteiger partial charge is 0.370 e. The fourth-order valence-electron chi connectivity index (χ4n) is 2.82. The van der Waals surface area contributed by atoms with E-state index in [1.54, 1.807) is 24.3 Å². The Balaban J connectivity index is 1.51. The van der Waals surface area contributed by atoms with Gasteiger partial charge in [-0.3, -0.25) is 4.79 Å². The minimum absolute atomic E-state index is 0.0264. The molecule has 0 aliphatic carbocycles. The van der Waals surface area contributed by atoms with Gasteiger partial charge in [-0.25, -0.2) is 4.79 Å². The summed E-state index contributed by atoms with van der Waals surface area (Å²) in [6, 6.07) is 15.0. The van der Waals surface area contributed by atoms with Crippen molar-refractivity contribution in [3.8, 4) is 0 Å². The highest BCUT2D eigenvalue weighted by Crippen LogP contribution is 2.20. The van der Waals surface area contributed by atoms with E-state index in [0.717, 1.165) is 18.7 Å². The van der Waals surface area contributed by atoms with Gasteiger partial charge in [-0.2, -0.15) is 11.8 Å². The van der Waals surface area contributed by atoms with Gasteiger partial charge in [0.2, 0.25) is 0 Å². The molecule has 1 heterocycles. The normalized spacial score (nSPS) is 14.0. The van der Waals surface area contributed by atoms with E-state index in [2.05, 4.69) is 27.7 Å². The van der Waals surface area contributed by atoms with Crippen molar-refractivity contribution in [2.45, 2.75) is 13.5 Å². The zero-order chi connectivity index (χ0) is 18.4. The molecule has 2 aromatic carbocycles. The molecule has 26 heavy (non-hydrogen) atoms. The van der Waals surface area contributed by atoms with Crippen LogP contribution >= 0.6 is 11.8 Å². The smallest absolute Gasteiger partial charge is 0.319 e. The van der Waals surface area contributed by atoms with E-state index >= 15 is 0 Å². The summed E-state index contributed by atoms with van der Waals surface area (Å²) in [5.41, 5.74) is 3.47. The molecule has 1 fully saturated rings. The van der Waals surface area contributed by atoms with Gasteiger partial charge in [-0.15, -0.1) is 0 Å². The van der Waals surface area contributed by atoms with Gasteiger partial charge in [0.25, 0.3) is 0 Å². The van der Waals surface area contributed by atoms with Crippen LogP contribution in [0.5, 0.6) is 0 Å². The Kier molecular flexibility index (Phi) is 6.17. The third-order valence-electron chi connectivity index (χ3n) is 4.29. The maximum absolute atomic E-state index is 12.1. The zero-order valence-electron chi connectivity index (χ0n) is 14.8. The predicted molar refractivity (Wildman–Crippen MR) is 108 cm³/mol. The molecule has 0 atom stereocenters. The molecule has 1 aliphatic heterocycles. The molecular weight excluding hydrogens is 346 g/mol. The predicted octanol–water partition coefficient (Wildman–Crippen LogP) is 3.76. The summed E-state index contributed by atoms with van der Waals surface area (Å²) in [4.78, 5) is 25.9. The van der Waals surface area contributed by atoms with Crippen LogP contribution in [0.3, 0.4) is 0 Å². The number of amides is 2. The number of urea groups is 1. The van der Waals surface area contributed by atoms with Crippen LogP contribution in [0, 0.1) is 0 Å². The molecule has 5 nitrogen and oxygen atoms in total. The van der Waals surface area contributed by atoms with E-state index in [1.807, 2.05) is 23.9 Å². The first-order valence-corrected chi connectivity index (χ1v) is 9.85. The van der Waals surface area contributed by atoms with E-state index in [9.17, 15) is 9.59 Å². The summed E-state index contributed by atoms with van der Waals surface area (Å²) in [5.74, 6) is 2.32. The topological polar surface area (TPSA) is 61.4 Å². The van der Waals surface area contributed by atoms with Crippen molar-refractivity contribution >= 4 is 35.0 Å². The number of Topliss-reactive ketones (excluding diaryl/α,β-unsaturated/α-hetero) is 1. The van der Waals surface area contributed by atoms with E-state index in [1.165, 1.54) is 24.1 Å². The number of nitrogens with one attached hydrogen (secondary N) is 2. The van der Waals surface area contributed by atoms with Crippen molar-refractivity contribution in [3.63, 3.8) is 0 Å². The lowest BCUT2D eigenvalue weighted by Gasteiger charge is -2.28. The summed E-state index contributed by atoms with van der Waals surface area (Å²) in [6.45, 7) is 4.13. The lowest BCUT2D eigenvalue weighted by Crippen LogP contribution is -2.32. The number of hydrogen-bond acceptors (Lipinski definition) is 4. The lowest BCUT2D eigenvalue weighted by atomic mass is 10.1. The second kappa shape index (κ2) is 8.76. The van der Waals surface area contributed by atoms with Crippen LogP contribution < -0.4 is 15.5 Å². The summed E-state index contributed by atoms with van der Waals surface area (Å²) in [7, 11) is 0. The molecule has 2 N–H and O–H groups in total. The highest BCUT2D eigenvalue weighted by molar-refractivity contribution is 7.99. The second-order valence-corrected chi connectivity index (χ2v) is 7.44. The van der Waals surface area contributed by atoms with Crippen LogP contribution in [0.2, 0.25) is 0 Å². The first-order chi connectivity index (χ1) is 12.6. The average Bonchev–Trinajstić information content (AvgIpc) is 2.68. The number of thioether (sulfide) groups is 1. The summed E-state index contributed by atoms with van der Waals surface area (Å²) in [6.07, 6.45) is 0. The van der Waals surface area contributed by atoms with Gasteiger partial charge in [-0.05, 0) is 36.8 Å². The van der Waals surface area contributed by atoms with Gasteiger partial charge in [0, 0.05) is 48.1 Å². The number of rotatable bonds is 5. The first kappa shape index (κ1) is 18.3. The molecule has 0 unspecified atom stereocenters. The van der Waals surface area contributed by atoms with Crippen molar-refractivity contribution in [3.05, 3.63) is 59.7 Å². The van der Waals surface area contributed by atoms with Crippen LogP contribution in [-0.4, -0.2) is 36.4 Å². The Bertz CT molecular complexity index is 771. The van der Waals surface area contributed by atoms with Crippen LogP contribution in [0.15, 0.2) is 48.5 Å². The maximum Gasteiger partial charge on any atom is 0.319 e. The molecule has 0 spiro atoms. The third kappa shape index (κ3) is 5.02. The Morgan fingerprint density at radius 1 is 1.08 bits per heavy atom. The van der Waals surface area contributed by atoms with Crippen molar-refractivity contribution in [1.82, 2.24) is 5.32 Å². The molecule has 0 bridgehead atoms. The highest BCUT2D eigenvalue weighted by Gasteiger charge is 2.11. The van der Waals surface area contributed by atoms with Crippen molar-refractivity contribution in [2.24, 2.45) is 0 Å². The fourth-order valence-corrected chi connectivity index (χ4v) is 3.72. The molecule has 6 heteroatoms. The number of ketones is 1. The molecule has 0 radical (unpaired) electrons. The highest BCUT2D eigenvalue weighted by atomic mass is 32.2. The maximum atomic E-state index is 12.1. The van der Waals surface area contributed by atoms with Gasteiger partial charge >= 0.3 is 6.03 Å². The summed E-state index contributed by atoms with van der Waals surface area (Å²) < 4.78 is 0. The summed E-state index contributed by atoms with van der Waals surface area (Å²) in [5, 5.41) is 5.60. The van der Waals surface area contributed by atoms with E-state index < -0.39 is 0 Å². The molecule has 0 aromatic heterocycles. The number of nitrogens with zero attached hydrogens (tertiary/aromatic N) is 1. The quantitative estimate of drug-likeness (QED) is 0.788. The lowest BCUT2D eigenvalue weighted by molar-refractivity contribution is 0.101. The van der Waals surface area contributed by atoms with Gasteiger partial charge < -0.3 is 15.5 Å². The average molecular weight is 369 g/mol. The number of carbonyl (C=O) groups excluding carboxylic acids is 2. The van der Waals surface area contributed by atoms with Crippen molar-refractivity contribution < 1.29 is 9.59 Å². The SMILES string of the molecule is CC(=O)c1cccc(NC(=O)NCc2ccc(N3CCSCC3)cc2)c1. The van der Waals surface area contributed by atoms with Crippen molar-refractivity contribution in [2.75, 3.05) is 34.8 Å². The molecule has 2 amide bonds. The zero-order valence-corrected chi connectivity index (χ0v) is 15.6. The monoisotopic (exact) mass is 369 g/mol. The van der Waals surface area contributed by atoms with Crippen molar-refractivity contribution in [1.29, 1.82) is 0 Å². The van der Waals surface area contributed by atoms with E-state index in [-0.39, 0.29) is 11.8 Å². The van der Waals surface area contributed by atoms with Crippen LogP contribution in [0.1, 0.15) is 22.8 Å². The molecule has 1 saturated heterocycles. The van der Waals surface area contributed by atoms with Crippen LogP contribution in [-0.2, 0) is 6.54 Å².